The molecule has 0 saturated carbocycles. The van der Waals surface area contributed by atoms with E-state index in [2.05, 4.69) is 87.8 Å². The van der Waals surface area contributed by atoms with Crippen LogP contribution in [0.25, 0.3) is 28.7 Å². The molecule has 2 heteroatoms. The van der Waals surface area contributed by atoms with Crippen LogP contribution < -0.4 is 0 Å². The molecular weight excluding hydrogens is 322 g/mol. The third-order valence-electron chi connectivity index (χ3n) is 3.56. The van der Waals surface area contributed by atoms with Gasteiger partial charge in [0.2, 0.25) is 0 Å². The molecule has 0 saturated heterocycles. The molecule has 1 nitrogen and oxygen atoms in total. The lowest BCUT2D eigenvalue weighted by Crippen LogP contribution is -1.96. The highest BCUT2D eigenvalue weighted by Gasteiger charge is 2.13. The van der Waals surface area contributed by atoms with E-state index in [4.69, 9.17) is 0 Å². The number of aromatic nitrogens is 1. The van der Waals surface area contributed by atoms with E-state index >= 15 is 0 Å². The van der Waals surface area contributed by atoms with Gasteiger partial charge >= 0.3 is 0 Å². The lowest BCUT2D eigenvalue weighted by molar-refractivity contribution is 1.10. The first-order chi connectivity index (χ1) is 10.3. The van der Waals surface area contributed by atoms with Crippen LogP contribution in [0, 0.1) is 0 Å². The first-order valence-corrected chi connectivity index (χ1v) is 7.70. The second-order valence-electron chi connectivity index (χ2n) is 4.83. The SMILES string of the molecule is C=Cc1c(/C=C\C)c2ccccc2n1-c1ccc(Br)cc1. The Bertz CT molecular complexity index is 823. The summed E-state index contributed by atoms with van der Waals surface area (Å²) in [6, 6.07) is 16.8. The molecule has 1 heterocycles. The molecule has 0 aliphatic rings. The largest absolute Gasteiger partial charge is 0.309 e. The van der Waals surface area contributed by atoms with Gasteiger partial charge in [-0.1, -0.05) is 52.9 Å². The highest BCUT2D eigenvalue weighted by molar-refractivity contribution is 9.10. The smallest absolute Gasteiger partial charge is 0.0541 e. The van der Waals surface area contributed by atoms with Gasteiger partial charge in [0.05, 0.1) is 11.2 Å². The van der Waals surface area contributed by atoms with E-state index in [1.165, 1.54) is 16.5 Å². The van der Waals surface area contributed by atoms with Crippen molar-refractivity contribution in [2.24, 2.45) is 0 Å². The summed E-state index contributed by atoms with van der Waals surface area (Å²) in [5.41, 5.74) is 4.67. The Balaban J connectivity index is 2.40. The van der Waals surface area contributed by atoms with Gasteiger partial charge in [-0.15, -0.1) is 0 Å². The summed E-state index contributed by atoms with van der Waals surface area (Å²) < 4.78 is 3.33. The van der Waals surface area contributed by atoms with Crippen molar-refractivity contribution < 1.29 is 0 Å². The average molecular weight is 338 g/mol. The molecule has 3 aromatic rings. The molecule has 2 aromatic carbocycles. The van der Waals surface area contributed by atoms with Gasteiger partial charge in [0.15, 0.2) is 0 Å². The van der Waals surface area contributed by atoms with E-state index in [0.717, 1.165) is 15.9 Å². The molecule has 104 valence electrons. The van der Waals surface area contributed by atoms with E-state index < -0.39 is 0 Å². The zero-order valence-corrected chi connectivity index (χ0v) is 13.5. The fourth-order valence-electron chi connectivity index (χ4n) is 2.70. The second kappa shape index (κ2) is 5.74. The highest BCUT2D eigenvalue weighted by Crippen LogP contribution is 2.31. The van der Waals surface area contributed by atoms with Crippen LogP contribution in [-0.4, -0.2) is 4.57 Å². The molecule has 0 amide bonds. The highest BCUT2D eigenvalue weighted by atomic mass is 79.9. The first-order valence-electron chi connectivity index (χ1n) is 6.90. The molecule has 21 heavy (non-hydrogen) atoms. The Morgan fingerprint density at radius 2 is 1.76 bits per heavy atom. The molecular formula is C19H16BrN. The van der Waals surface area contributed by atoms with Crippen molar-refractivity contribution in [1.29, 1.82) is 0 Å². The molecule has 1 aromatic heterocycles. The van der Waals surface area contributed by atoms with Gasteiger partial charge in [-0.05, 0) is 43.3 Å². The van der Waals surface area contributed by atoms with Crippen molar-refractivity contribution in [2.75, 3.05) is 0 Å². The minimum absolute atomic E-state index is 1.08. The van der Waals surface area contributed by atoms with Crippen molar-refractivity contribution in [3.8, 4) is 5.69 Å². The number of rotatable bonds is 3. The fourth-order valence-corrected chi connectivity index (χ4v) is 2.96. The zero-order chi connectivity index (χ0) is 14.8. The molecule has 0 fully saturated rings. The number of benzene rings is 2. The Morgan fingerprint density at radius 3 is 2.43 bits per heavy atom. The average Bonchev–Trinajstić information content (AvgIpc) is 2.83. The number of hydrogen-bond acceptors (Lipinski definition) is 0. The maximum atomic E-state index is 4.01. The number of nitrogens with zero attached hydrogens (tertiary/aromatic N) is 1. The second-order valence-corrected chi connectivity index (χ2v) is 5.75. The maximum Gasteiger partial charge on any atom is 0.0541 e. The third-order valence-corrected chi connectivity index (χ3v) is 4.09. The predicted octanol–water partition coefficient (Wildman–Crippen LogP) is 6.07. The van der Waals surface area contributed by atoms with Gasteiger partial charge in [0, 0.05) is 21.1 Å². The van der Waals surface area contributed by atoms with Crippen molar-refractivity contribution >= 4 is 39.0 Å². The third kappa shape index (κ3) is 2.36. The van der Waals surface area contributed by atoms with Gasteiger partial charge < -0.3 is 4.57 Å². The standard InChI is InChI=1S/C19H16BrN/c1-3-7-16-17-8-5-6-9-19(17)21(18(16)4-2)15-12-10-14(20)11-13-15/h3-13H,2H2,1H3/b7-3-. The monoisotopic (exact) mass is 337 g/mol. The Hall–Kier alpha value is -2.06. The van der Waals surface area contributed by atoms with Crippen molar-refractivity contribution in [3.05, 3.63) is 76.9 Å². The van der Waals surface area contributed by atoms with Crippen LogP contribution in [0.3, 0.4) is 0 Å². The summed E-state index contributed by atoms with van der Waals surface area (Å²) >= 11 is 3.49. The van der Waals surface area contributed by atoms with Crippen LogP contribution in [0.15, 0.2) is 65.7 Å². The Kier molecular flexibility index (Phi) is 3.80. The summed E-state index contributed by atoms with van der Waals surface area (Å²) in [5, 5.41) is 1.24. The van der Waals surface area contributed by atoms with E-state index in [0.29, 0.717) is 0 Å². The molecule has 0 unspecified atom stereocenters. The summed E-state index contributed by atoms with van der Waals surface area (Å²) in [6.45, 7) is 6.05. The fraction of sp³-hybridized carbons (Fsp3) is 0.0526. The van der Waals surface area contributed by atoms with E-state index in [-0.39, 0.29) is 0 Å². The van der Waals surface area contributed by atoms with Crippen LogP contribution >= 0.6 is 15.9 Å². The lowest BCUT2D eigenvalue weighted by atomic mass is 10.1. The molecule has 0 N–H and O–H groups in total. The van der Waals surface area contributed by atoms with Crippen molar-refractivity contribution in [2.45, 2.75) is 6.92 Å². The summed E-state index contributed by atoms with van der Waals surface area (Å²) in [5.74, 6) is 0. The number of fused-ring (bicyclic) bond motifs is 1. The van der Waals surface area contributed by atoms with Gasteiger partial charge in [-0.3, -0.25) is 0 Å². The van der Waals surface area contributed by atoms with Gasteiger partial charge in [-0.25, -0.2) is 0 Å². The molecule has 0 atom stereocenters. The van der Waals surface area contributed by atoms with Crippen molar-refractivity contribution in [1.82, 2.24) is 4.57 Å². The summed E-state index contributed by atoms with van der Waals surface area (Å²) in [4.78, 5) is 0. The molecule has 3 rings (SSSR count). The number of allylic oxidation sites excluding steroid dienone is 1. The molecule has 0 aliphatic heterocycles. The van der Waals surface area contributed by atoms with Gasteiger partial charge in [-0.2, -0.15) is 0 Å². The normalized spacial score (nSPS) is 11.3. The summed E-state index contributed by atoms with van der Waals surface area (Å²) in [6.07, 6.45) is 6.15. The quantitative estimate of drug-likeness (QED) is 0.546. The zero-order valence-electron chi connectivity index (χ0n) is 11.9. The van der Waals surface area contributed by atoms with E-state index in [1.807, 2.05) is 13.0 Å². The number of para-hydroxylation sites is 1. The first kappa shape index (κ1) is 13.9. The number of halogens is 1. The predicted molar refractivity (Wildman–Crippen MR) is 95.8 cm³/mol. The maximum absolute atomic E-state index is 4.01. The van der Waals surface area contributed by atoms with Gasteiger partial charge in [0.25, 0.3) is 0 Å². The van der Waals surface area contributed by atoms with Crippen LogP contribution in [0.5, 0.6) is 0 Å². The van der Waals surface area contributed by atoms with E-state index in [9.17, 15) is 0 Å². The minimum atomic E-state index is 1.08. The van der Waals surface area contributed by atoms with Crippen LogP contribution in [0.4, 0.5) is 0 Å². The lowest BCUT2D eigenvalue weighted by Gasteiger charge is -2.09. The van der Waals surface area contributed by atoms with Crippen LogP contribution in [0.2, 0.25) is 0 Å². The van der Waals surface area contributed by atoms with Crippen LogP contribution in [-0.2, 0) is 0 Å². The molecule has 0 bridgehead atoms. The van der Waals surface area contributed by atoms with Crippen LogP contribution in [0.1, 0.15) is 18.2 Å². The molecule has 0 radical (unpaired) electrons. The molecule has 0 aliphatic carbocycles. The number of hydrogen-bond donors (Lipinski definition) is 0. The topological polar surface area (TPSA) is 4.93 Å². The Labute approximate surface area is 133 Å². The van der Waals surface area contributed by atoms with E-state index in [1.54, 1.807) is 0 Å². The van der Waals surface area contributed by atoms with Gasteiger partial charge in [0.1, 0.15) is 0 Å². The minimum Gasteiger partial charge on any atom is -0.309 e. The van der Waals surface area contributed by atoms with Crippen molar-refractivity contribution in [3.63, 3.8) is 0 Å². The summed E-state index contributed by atoms with van der Waals surface area (Å²) in [7, 11) is 0. The Morgan fingerprint density at radius 1 is 1.05 bits per heavy atom. The molecule has 0 spiro atoms.